The second kappa shape index (κ2) is 5.12. The molecule has 1 aromatic carbocycles. The molecule has 1 aliphatic rings. The number of nitrogens with one attached hydrogen (secondary N) is 1. The molecule has 0 spiro atoms. The highest BCUT2D eigenvalue weighted by atomic mass is 32.2. The zero-order valence-electron chi connectivity index (χ0n) is 12.7. The molecule has 4 aromatic rings. The summed E-state index contributed by atoms with van der Waals surface area (Å²) in [6.07, 6.45) is 6.38. The Hall–Kier alpha value is -3.26. The second-order valence-electron chi connectivity index (χ2n) is 5.58. The van der Waals surface area contributed by atoms with Gasteiger partial charge >= 0.3 is 0 Å². The van der Waals surface area contributed by atoms with E-state index in [9.17, 15) is 9.00 Å². The van der Waals surface area contributed by atoms with Crippen molar-refractivity contribution in [3.8, 4) is 11.1 Å². The molecular weight excluding hydrogens is 340 g/mol. The lowest BCUT2D eigenvalue weighted by atomic mass is 10.1. The molecule has 1 N–H and O–H groups in total. The van der Waals surface area contributed by atoms with Gasteiger partial charge in [-0.15, -0.1) is 0 Å². The maximum Gasteiger partial charge on any atom is 0.258 e. The van der Waals surface area contributed by atoms with Crippen LogP contribution in [0.3, 0.4) is 0 Å². The van der Waals surface area contributed by atoms with E-state index < -0.39 is 11.0 Å². The number of furan rings is 1. The molecule has 0 fully saturated rings. The lowest BCUT2D eigenvalue weighted by Crippen LogP contribution is -2.17. The van der Waals surface area contributed by atoms with Crippen molar-refractivity contribution >= 4 is 43.9 Å². The van der Waals surface area contributed by atoms with Crippen LogP contribution in [0.5, 0.6) is 0 Å². The minimum Gasteiger partial charge on any atom is -0.463 e. The first kappa shape index (κ1) is 14.1. The van der Waals surface area contributed by atoms with E-state index in [1.807, 2.05) is 30.3 Å². The van der Waals surface area contributed by atoms with Crippen LogP contribution in [0.25, 0.3) is 38.2 Å². The highest BCUT2D eigenvalue weighted by molar-refractivity contribution is 7.93. The van der Waals surface area contributed by atoms with E-state index in [1.54, 1.807) is 18.7 Å². The maximum atomic E-state index is 11.9. The molecule has 4 heterocycles. The molecule has 5 rings (SSSR count). The van der Waals surface area contributed by atoms with Gasteiger partial charge in [0.1, 0.15) is 5.52 Å². The Kier molecular flexibility index (Phi) is 2.89. The summed E-state index contributed by atoms with van der Waals surface area (Å²) in [4.78, 5) is 15.8. The van der Waals surface area contributed by atoms with E-state index in [2.05, 4.69) is 14.8 Å². The number of hydrogen-bond donors (Lipinski definition) is 1. The van der Waals surface area contributed by atoms with Crippen LogP contribution in [0.4, 0.5) is 0 Å². The molecule has 122 valence electrons. The van der Waals surface area contributed by atoms with Gasteiger partial charge in [0.15, 0.2) is 21.6 Å². The van der Waals surface area contributed by atoms with Gasteiger partial charge < -0.3 is 4.42 Å². The normalized spacial score (nSPS) is 17.2. The molecule has 1 atom stereocenters. The number of hydrogen-bond acceptors (Lipinski definition) is 5. The number of aromatic nitrogens is 3. The fraction of sp³-hybridized carbons (Fsp3) is 0. The highest BCUT2D eigenvalue weighted by Gasteiger charge is 2.23. The van der Waals surface area contributed by atoms with E-state index in [4.69, 9.17) is 4.42 Å². The van der Waals surface area contributed by atoms with Crippen molar-refractivity contribution in [2.75, 3.05) is 0 Å². The Morgan fingerprint density at radius 3 is 2.88 bits per heavy atom. The molecule has 0 aliphatic carbocycles. The topological polar surface area (TPSA) is 90.0 Å². The quantitative estimate of drug-likeness (QED) is 0.600. The minimum atomic E-state index is -1.59. The molecule has 7 nitrogen and oxygen atoms in total. The summed E-state index contributed by atoms with van der Waals surface area (Å²) in [5.74, 6) is -0.383. The van der Waals surface area contributed by atoms with Crippen molar-refractivity contribution in [2.45, 2.75) is 0 Å². The first-order chi connectivity index (χ1) is 12.2. The van der Waals surface area contributed by atoms with Gasteiger partial charge in [-0.05, 0) is 23.8 Å². The predicted octanol–water partition coefficient (Wildman–Crippen LogP) is 2.44. The summed E-state index contributed by atoms with van der Waals surface area (Å²) in [5, 5.41) is 5.46. The molecule has 0 radical (unpaired) electrons. The van der Waals surface area contributed by atoms with Crippen molar-refractivity contribution in [1.82, 2.24) is 19.5 Å². The molecular formula is C17H10N4O3S. The van der Waals surface area contributed by atoms with Crippen molar-refractivity contribution in [1.29, 1.82) is 0 Å². The van der Waals surface area contributed by atoms with Crippen LogP contribution in [-0.4, -0.2) is 24.9 Å². The summed E-state index contributed by atoms with van der Waals surface area (Å²) < 4.78 is 21.2. The largest absolute Gasteiger partial charge is 0.463 e. The molecule has 8 heteroatoms. The van der Waals surface area contributed by atoms with E-state index in [0.29, 0.717) is 5.03 Å². The van der Waals surface area contributed by atoms with Gasteiger partial charge in [0.05, 0.1) is 18.0 Å². The molecule has 0 saturated heterocycles. The van der Waals surface area contributed by atoms with Crippen LogP contribution in [-0.2, 0) is 15.8 Å². The van der Waals surface area contributed by atoms with E-state index >= 15 is 0 Å². The van der Waals surface area contributed by atoms with Crippen molar-refractivity contribution in [3.63, 3.8) is 0 Å². The van der Waals surface area contributed by atoms with Crippen LogP contribution >= 0.6 is 0 Å². The van der Waals surface area contributed by atoms with Crippen LogP contribution in [0.2, 0.25) is 0 Å². The van der Waals surface area contributed by atoms with Gasteiger partial charge in [0, 0.05) is 29.3 Å². The number of amides is 1. The monoisotopic (exact) mass is 350 g/mol. The standard InChI is InChI=1S/C17H10N4O3S/c22-16-7-17(25(23)20-16)21-14-2-1-10(5-12(14)9-19-21)11-6-15-13(18-8-11)3-4-24-15/h1-9H,(H,20,22). The summed E-state index contributed by atoms with van der Waals surface area (Å²) in [5.41, 5.74) is 4.20. The molecule has 3 aromatic heterocycles. The molecule has 1 aliphatic heterocycles. The van der Waals surface area contributed by atoms with Crippen LogP contribution in [0, 0.1) is 0 Å². The SMILES string of the molecule is O=C1C=C(n2ncc3cc(-c4cnc5ccoc5c4)ccc32)S(=O)N1. The van der Waals surface area contributed by atoms with Gasteiger partial charge in [-0.25, -0.2) is 8.89 Å². The third kappa shape index (κ3) is 2.18. The molecule has 0 bridgehead atoms. The highest BCUT2D eigenvalue weighted by Crippen LogP contribution is 2.28. The number of benzene rings is 1. The smallest absolute Gasteiger partial charge is 0.258 e. The maximum absolute atomic E-state index is 11.9. The summed E-state index contributed by atoms with van der Waals surface area (Å²) >= 11 is 0. The Morgan fingerprint density at radius 1 is 1.12 bits per heavy atom. The zero-order valence-corrected chi connectivity index (χ0v) is 13.5. The fourth-order valence-corrected chi connectivity index (χ4v) is 3.73. The third-order valence-electron chi connectivity index (χ3n) is 4.05. The van der Waals surface area contributed by atoms with Gasteiger partial charge in [0.2, 0.25) is 0 Å². The number of rotatable bonds is 2. The predicted molar refractivity (Wildman–Crippen MR) is 93.3 cm³/mol. The average Bonchev–Trinajstić information content (AvgIpc) is 3.31. The molecule has 25 heavy (non-hydrogen) atoms. The molecule has 1 amide bonds. The summed E-state index contributed by atoms with van der Waals surface area (Å²) in [7, 11) is -1.59. The summed E-state index contributed by atoms with van der Waals surface area (Å²) in [6, 6.07) is 9.53. The Morgan fingerprint density at radius 2 is 2.04 bits per heavy atom. The third-order valence-corrected chi connectivity index (χ3v) is 5.11. The van der Waals surface area contributed by atoms with Crippen molar-refractivity contribution in [2.24, 2.45) is 0 Å². The van der Waals surface area contributed by atoms with Gasteiger partial charge in [-0.3, -0.25) is 14.5 Å². The minimum absolute atomic E-state index is 0.325. The lowest BCUT2D eigenvalue weighted by Gasteiger charge is -2.04. The molecule has 0 saturated carbocycles. The summed E-state index contributed by atoms with van der Waals surface area (Å²) in [6.45, 7) is 0. The zero-order chi connectivity index (χ0) is 17.0. The number of carbonyl (C=O) groups excluding carboxylic acids is 1. The fourth-order valence-electron chi connectivity index (χ4n) is 2.87. The van der Waals surface area contributed by atoms with Gasteiger partial charge in [0.25, 0.3) is 5.91 Å². The number of nitrogens with zero attached hydrogens (tertiary/aromatic N) is 3. The lowest BCUT2D eigenvalue weighted by molar-refractivity contribution is -0.114. The first-order valence-corrected chi connectivity index (χ1v) is 8.60. The van der Waals surface area contributed by atoms with Crippen LogP contribution in [0.15, 0.2) is 59.5 Å². The first-order valence-electron chi connectivity index (χ1n) is 7.45. The second-order valence-corrected chi connectivity index (χ2v) is 6.74. The molecule has 1 unspecified atom stereocenters. The van der Waals surface area contributed by atoms with E-state index in [-0.39, 0.29) is 5.91 Å². The van der Waals surface area contributed by atoms with Gasteiger partial charge in [-0.1, -0.05) is 6.07 Å². The Labute approximate surface area is 143 Å². The van der Waals surface area contributed by atoms with Crippen LogP contribution in [0.1, 0.15) is 0 Å². The van der Waals surface area contributed by atoms with Crippen molar-refractivity contribution in [3.05, 3.63) is 55.1 Å². The van der Waals surface area contributed by atoms with E-state index in [1.165, 1.54) is 10.8 Å². The van der Waals surface area contributed by atoms with Crippen LogP contribution < -0.4 is 4.72 Å². The number of fused-ring (bicyclic) bond motifs is 2. The Bertz CT molecular complexity index is 1220. The van der Waals surface area contributed by atoms with E-state index in [0.717, 1.165) is 33.1 Å². The number of pyridine rings is 1. The van der Waals surface area contributed by atoms with Crippen molar-refractivity contribution < 1.29 is 13.4 Å². The van der Waals surface area contributed by atoms with Gasteiger partial charge in [-0.2, -0.15) is 5.10 Å². The Balaban J connectivity index is 1.62. The number of carbonyl (C=O) groups is 1. The average molecular weight is 350 g/mol.